The fourth-order valence-corrected chi connectivity index (χ4v) is 2.84. The fraction of sp³-hybridized carbons (Fsp3) is 0.600. The molecule has 0 aliphatic carbocycles. The van der Waals surface area contributed by atoms with Crippen LogP contribution in [0.5, 0.6) is 5.75 Å². The Morgan fingerprint density at radius 1 is 1.25 bits per heavy atom. The van der Waals surface area contributed by atoms with Crippen LogP contribution in [-0.4, -0.2) is 42.9 Å². The molecule has 0 radical (unpaired) electrons. The van der Waals surface area contributed by atoms with Gasteiger partial charge in [-0.25, -0.2) is 0 Å². The summed E-state index contributed by atoms with van der Waals surface area (Å²) >= 11 is 0. The average Bonchev–Trinajstić information content (AvgIpc) is 2.42. The Hall–Kier alpha value is -0.840. The summed E-state index contributed by atoms with van der Waals surface area (Å²) < 4.78 is 12.9. The first-order valence-electron chi connectivity index (χ1n) is 6.94. The molecule has 1 aliphatic heterocycles. The molecule has 1 atom stereocenters. The maximum absolute atomic E-state index is 12.9. The molecule has 1 saturated heterocycles. The normalized spacial score (nSPS) is 17.6. The largest absolute Gasteiger partial charge is 0.507 e. The van der Waals surface area contributed by atoms with Crippen LogP contribution in [0.4, 0.5) is 4.39 Å². The van der Waals surface area contributed by atoms with Crippen LogP contribution in [0, 0.1) is 13.8 Å². The zero-order valence-corrected chi connectivity index (χ0v) is 13.0. The first-order chi connectivity index (χ1) is 9.13. The molecule has 2 N–H and O–H groups in total. The van der Waals surface area contributed by atoms with Crippen molar-refractivity contribution in [2.45, 2.75) is 26.3 Å². The molecule has 1 aliphatic rings. The van der Waals surface area contributed by atoms with Crippen molar-refractivity contribution < 1.29 is 9.50 Å². The van der Waals surface area contributed by atoms with Crippen molar-refractivity contribution in [2.75, 3.05) is 32.9 Å². The lowest BCUT2D eigenvalue weighted by Crippen LogP contribution is -2.45. The van der Waals surface area contributed by atoms with Crippen molar-refractivity contribution in [1.82, 2.24) is 10.2 Å². The molecule has 20 heavy (non-hydrogen) atoms. The summed E-state index contributed by atoms with van der Waals surface area (Å²) in [6, 6.07) is 4.10. The minimum absolute atomic E-state index is 0. The summed E-state index contributed by atoms with van der Waals surface area (Å²) in [4.78, 5) is 2.33. The molecular weight excluding hydrogens is 279 g/mol. The van der Waals surface area contributed by atoms with Crippen molar-refractivity contribution in [2.24, 2.45) is 0 Å². The van der Waals surface area contributed by atoms with Crippen LogP contribution in [0.3, 0.4) is 0 Å². The number of hydrogen-bond acceptors (Lipinski definition) is 3. The van der Waals surface area contributed by atoms with E-state index in [0.29, 0.717) is 12.2 Å². The molecule has 0 saturated carbocycles. The third-order valence-corrected chi connectivity index (χ3v) is 3.87. The molecule has 0 spiro atoms. The number of nitrogens with one attached hydrogen (secondary N) is 1. The molecular formula is C15H24ClFN2O. The molecule has 1 fully saturated rings. The second-order valence-corrected chi connectivity index (χ2v) is 5.28. The van der Waals surface area contributed by atoms with Gasteiger partial charge in [-0.15, -0.1) is 12.4 Å². The fourth-order valence-electron chi connectivity index (χ4n) is 2.84. The number of halogens is 2. The van der Waals surface area contributed by atoms with E-state index >= 15 is 0 Å². The van der Waals surface area contributed by atoms with E-state index in [1.165, 1.54) is 0 Å². The molecule has 5 heteroatoms. The Balaban J connectivity index is 0.00000200. The molecule has 0 aromatic heterocycles. The number of hydrogen-bond donors (Lipinski definition) is 2. The molecule has 3 nitrogen and oxygen atoms in total. The minimum Gasteiger partial charge on any atom is -0.507 e. The van der Waals surface area contributed by atoms with Gasteiger partial charge in [0.2, 0.25) is 0 Å². The highest BCUT2D eigenvalue weighted by Gasteiger charge is 2.22. The van der Waals surface area contributed by atoms with Crippen molar-refractivity contribution in [3.8, 4) is 5.75 Å². The zero-order chi connectivity index (χ0) is 13.8. The number of phenolic OH excluding ortho intramolecular Hbond substituents is 1. The highest BCUT2D eigenvalue weighted by atomic mass is 35.5. The highest BCUT2D eigenvalue weighted by molar-refractivity contribution is 5.85. The van der Waals surface area contributed by atoms with E-state index < -0.39 is 0 Å². The molecule has 2 rings (SSSR count). The van der Waals surface area contributed by atoms with Gasteiger partial charge in [-0.1, -0.05) is 12.1 Å². The number of alkyl halides is 1. The van der Waals surface area contributed by atoms with Crippen molar-refractivity contribution in [3.63, 3.8) is 0 Å². The van der Waals surface area contributed by atoms with Gasteiger partial charge >= 0.3 is 0 Å². The number of piperazine rings is 1. The van der Waals surface area contributed by atoms with Gasteiger partial charge in [-0.2, -0.15) is 0 Å². The minimum atomic E-state index is -0.312. The Bertz CT molecular complexity index is 413. The van der Waals surface area contributed by atoms with Gasteiger partial charge in [0.15, 0.2) is 0 Å². The quantitative estimate of drug-likeness (QED) is 0.898. The lowest BCUT2D eigenvalue weighted by Gasteiger charge is -2.35. The van der Waals surface area contributed by atoms with Crippen LogP contribution >= 0.6 is 12.4 Å². The highest BCUT2D eigenvalue weighted by Crippen LogP contribution is 2.31. The van der Waals surface area contributed by atoms with Crippen LogP contribution in [-0.2, 0) is 0 Å². The van der Waals surface area contributed by atoms with Crippen molar-refractivity contribution in [1.29, 1.82) is 0 Å². The third kappa shape index (κ3) is 3.84. The predicted octanol–water partition coefficient (Wildman–Crippen LogP) is 2.74. The summed E-state index contributed by atoms with van der Waals surface area (Å²) in [5.74, 6) is 0.350. The molecule has 0 unspecified atom stereocenters. The molecule has 0 bridgehead atoms. The summed E-state index contributed by atoms with van der Waals surface area (Å²) in [7, 11) is 0. The predicted molar refractivity (Wildman–Crippen MR) is 82.6 cm³/mol. The number of aryl methyl sites for hydroxylation is 2. The lowest BCUT2D eigenvalue weighted by atomic mass is 9.97. The van der Waals surface area contributed by atoms with Crippen LogP contribution < -0.4 is 5.32 Å². The smallest absolute Gasteiger partial charge is 0.121 e. The average molecular weight is 303 g/mol. The molecule has 0 amide bonds. The number of benzene rings is 1. The second-order valence-electron chi connectivity index (χ2n) is 5.28. The zero-order valence-electron chi connectivity index (χ0n) is 12.2. The summed E-state index contributed by atoms with van der Waals surface area (Å²) in [6.07, 6.45) is 0.518. The Labute approximate surface area is 126 Å². The number of nitrogens with zero attached hydrogens (tertiary/aromatic N) is 1. The van der Waals surface area contributed by atoms with E-state index in [-0.39, 0.29) is 25.1 Å². The van der Waals surface area contributed by atoms with Crippen LogP contribution in [0.1, 0.15) is 29.2 Å². The molecule has 1 aromatic carbocycles. The van der Waals surface area contributed by atoms with Crippen molar-refractivity contribution >= 4 is 12.4 Å². The van der Waals surface area contributed by atoms with Crippen LogP contribution in [0.15, 0.2) is 12.1 Å². The van der Waals surface area contributed by atoms with Crippen LogP contribution in [0.2, 0.25) is 0 Å². The Kier molecular flexibility index (Phi) is 6.72. The summed E-state index contributed by atoms with van der Waals surface area (Å²) in [6.45, 7) is 7.30. The standard InChI is InChI=1S/C15H23FN2O.ClH/c1-11-9-13(10-12(2)15(11)19)14(3-4-16)18-7-5-17-6-8-18;/h9-10,14,17,19H,3-8H2,1-2H3;1H/t14-;/m0./s1. The van der Waals surface area contributed by atoms with Crippen LogP contribution in [0.25, 0.3) is 0 Å². The topological polar surface area (TPSA) is 35.5 Å². The SMILES string of the molecule is Cc1cc([C@H](CCF)N2CCNCC2)cc(C)c1O.Cl. The van der Waals surface area contributed by atoms with E-state index in [9.17, 15) is 9.50 Å². The molecule has 1 aromatic rings. The maximum atomic E-state index is 12.9. The Morgan fingerprint density at radius 2 is 1.80 bits per heavy atom. The third-order valence-electron chi connectivity index (χ3n) is 3.87. The van der Waals surface area contributed by atoms with Gasteiger partial charge in [0, 0.05) is 32.2 Å². The van der Waals surface area contributed by atoms with Gasteiger partial charge < -0.3 is 10.4 Å². The van der Waals surface area contributed by atoms with Gasteiger partial charge in [0.1, 0.15) is 5.75 Å². The Morgan fingerprint density at radius 3 is 2.30 bits per heavy atom. The van der Waals surface area contributed by atoms with E-state index in [1.807, 2.05) is 26.0 Å². The number of aromatic hydroxyl groups is 1. The van der Waals surface area contributed by atoms with E-state index in [4.69, 9.17) is 0 Å². The van der Waals surface area contributed by atoms with Gasteiger partial charge in [0.25, 0.3) is 0 Å². The van der Waals surface area contributed by atoms with E-state index in [0.717, 1.165) is 42.9 Å². The van der Waals surface area contributed by atoms with E-state index in [1.54, 1.807) is 0 Å². The first-order valence-corrected chi connectivity index (χ1v) is 6.94. The number of rotatable bonds is 4. The second kappa shape index (κ2) is 7.81. The van der Waals surface area contributed by atoms with E-state index in [2.05, 4.69) is 10.2 Å². The van der Waals surface area contributed by atoms with Gasteiger partial charge in [0.05, 0.1) is 6.67 Å². The summed E-state index contributed by atoms with van der Waals surface area (Å²) in [5.41, 5.74) is 2.86. The van der Waals surface area contributed by atoms with Gasteiger partial charge in [-0.05, 0) is 37.0 Å². The first kappa shape index (κ1) is 17.2. The lowest BCUT2D eigenvalue weighted by molar-refractivity contribution is 0.157. The van der Waals surface area contributed by atoms with Crippen molar-refractivity contribution in [3.05, 3.63) is 28.8 Å². The molecule has 1 heterocycles. The van der Waals surface area contributed by atoms with Gasteiger partial charge in [-0.3, -0.25) is 9.29 Å². The number of phenols is 1. The monoisotopic (exact) mass is 302 g/mol. The summed E-state index contributed by atoms with van der Waals surface area (Å²) in [5, 5.41) is 13.2. The molecule has 114 valence electrons. The maximum Gasteiger partial charge on any atom is 0.121 e.